The number of nitrogens with zero attached hydrogens (tertiary/aromatic N) is 2. The molecule has 0 atom stereocenters. The third-order valence-corrected chi connectivity index (χ3v) is 1.89. The quantitative estimate of drug-likeness (QED) is 0.734. The number of rotatable bonds is 3. The van der Waals surface area contributed by atoms with Crippen molar-refractivity contribution in [2.24, 2.45) is 0 Å². The Balaban J connectivity index is 3.27. The van der Waals surface area contributed by atoms with Crippen molar-refractivity contribution in [1.82, 2.24) is 9.99 Å². The van der Waals surface area contributed by atoms with Crippen LogP contribution in [-0.4, -0.2) is 35.2 Å². The average Bonchev–Trinajstić information content (AvgIpc) is 1.99. The molecule has 82 valence electrons. The number of aromatic carboxylic acids is 1. The Bertz CT molecular complexity index is 388. The number of anilines is 1. The summed E-state index contributed by atoms with van der Waals surface area (Å²) < 4.78 is 0. The summed E-state index contributed by atoms with van der Waals surface area (Å²) in [5.41, 5.74) is 5.05. The number of carboxylic acid groups (broad SMARTS) is 1. The molecule has 0 amide bonds. The van der Waals surface area contributed by atoms with Gasteiger partial charge in [0.15, 0.2) is 0 Å². The summed E-state index contributed by atoms with van der Waals surface area (Å²) >= 11 is 0. The predicted octanol–water partition coefficient (Wildman–Crippen LogP) is 1.29. The summed E-state index contributed by atoms with van der Waals surface area (Å²) in [5.74, 6) is -0.968. The molecule has 0 bridgehead atoms. The van der Waals surface area contributed by atoms with Gasteiger partial charge in [0.1, 0.15) is 5.56 Å². The number of hydrogen-bond donors (Lipinski definition) is 2. The molecule has 0 aliphatic rings. The molecule has 0 aromatic carbocycles. The molecule has 1 rings (SSSR count). The van der Waals surface area contributed by atoms with Crippen molar-refractivity contribution >= 4 is 11.7 Å². The van der Waals surface area contributed by atoms with E-state index in [-0.39, 0.29) is 5.56 Å². The first-order valence-electron chi connectivity index (χ1n) is 4.57. The zero-order chi connectivity index (χ0) is 11.6. The number of hydrazine groups is 1. The molecule has 1 aromatic heterocycles. The van der Waals surface area contributed by atoms with Gasteiger partial charge in [-0.1, -0.05) is 0 Å². The van der Waals surface area contributed by atoms with Crippen LogP contribution in [0.1, 0.15) is 21.7 Å². The van der Waals surface area contributed by atoms with E-state index >= 15 is 0 Å². The van der Waals surface area contributed by atoms with Gasteiger partial charge in [0.2, 0.25) is 0 Å². The van der Waals surface area contributed by atoms with Gasteiger partial charge >= 0.3 is 5.97 Å². The van der Waals surface area contributed by atoms with Crippen molar-refractivity contribution < 1.29 is 9.90 Å². The Morgan fingerprint density at radius 2 is 2.07 bits per heavy atom. The van der Waals surface area contributed by atoms with Gasteiger partial charge in [-0.25, -0.2) is 9.80 Å². The van der Waals surface area contributed by atoms with E-state index in [1.807, 2.05) is 6.92 Å². The molecule has 0 aliphatic heterocycles. The maximum Gasteiger partial charge on any atom is 0.339 e. The highest BCUT2D eigenvalue weighted by atomic mass is 16.4. The van der Waals surface area contributed by atoms with E-state index in [4.69, 9.17) is 5.11 Å². The summed E-state index contributed by atoms with van der Waals surface area (Å²) in [6.45, 7) is 3.52. The van der Waals surface area contributed by atoms with Crippen LogP contribution in [0, 0.1) is 13.8 Å². The second-order valence-corrected chi connectivity index (χ2v) is 3.58. The Morgan fingerprint density at radius 3 is 2.53 bits per heavy atom. The molecule has 1 aromatic rings. The SMILES string of the molecule is Cc1cc(NN(C)C)c(C(=O)O)c(C)n1. The number of carboxylic acids is 1. The van der Waals surface area contributed by atoms with E-state index in [1.54, 1.807) is 32.1 Å². The van der Waals surface area contributed by atoms with Crippen LogP contribution in [0.4, 0.5) is 5.69 Å². The van der Waals surface area contributed by atoms with Crippen LogP contribution in [0.25, 0.3) is 0 Å². The van der Waals surface area contributed by atoms with Crippen molar-refractivity contribution in [3.63, 3.8) is 0 Å². The number of aromatic nitrogens is 1. The molecule has 0 aliphatic carbocycles. The van der Waals surface area contributed by atoms with Crippen molar-refractivity contribution in [2.75, 3.05) is 19.5 Å². The number of hydrogen-bond acceptors (Lipinski definition) is 4. The minimum absolute atomic E-state index is 0.217. The van der Waals surface area contributed by atoms with Gasteiger partial charge in [0.05, 0.1) is 11.4 Å². The van der Waals surface area contributed by atoms with Crippen molar-refractivity contribution in [2.45, 2.75) is 13.8 Å². The lowest BCUT2D eigenvalue weighted by Crippen LogP contribution is -2.22. The van der Waals surface area contributed by atoms with Crippen molar-refractivity contribution in [3.8, 4) is 0 Å². The van der Waals surface area contributed by atoms with Crippen LogP contribution in [-0.2, 0) is 0 Å². The van der Waals surface area contributed by atoms with E-state index in [2.05, 4.69) is 10.4 Å². The summed E-state index contributed by atoms with van der Waals surface area (Å²) in [5, 5.41) is 10.7. The van der Waals surface area contributed by atoms with Crippen LogP contribution in [0.3, 0.4) is 0 Å². The van der Waals surface area contributed by atoms with Gasteiger partial charge in [0.25, 0.3) is 0 Å². The summed E-state index contributed by atoms with van der Waals surface area (Å²) in [7, 11) is 3.60. The molecule has 0 radical (unpaired) electrons. The molecule has 0 spiro atoms. The first-order valence-corrected chi connectivity index (χ1v) is 4.57. The molecule has 0 unspecified atom stereocenters. The number of aryl methyl sites for hydroxylation is 2. The molecule has 5 heteroatoms. The minimum Gasteiger partial charge on any atom is -0.478 e. The Labute approximate surface area is 88.7 Å². The van der Waals surface area contributed by atoms with Gasteiger partial charge in [-0.15, -0.1) is 0 Å². The van der Waals surface area contributed by atoms with Gasteiger partial charge in [-0.05, 0) is 19.9 Å². The van der Waals surface area contributed by atoms with Crippen molar-refractivity contribution in [1.29, 1.82) is 0 Å². The highest BCUT2D eigenvalue weighted by Crippen LogP contribution is 2.19. The molecule has 1 heterocycles. The number of pyridine rings is 1. The van der Waals surface area contributed by atoms with Crippen LogP contribution in [0.15, 0.2) is 6.07 Å². The molecular formula is C10H15N3O2. The zero-order valence-corrected chi connectivity index (χ0v) is 9.33. The highest BCUT2D eigenvalue weighted by Gasteiger charge is 2.15. The zero-order valence-electron chi connectivity index (χ0n) is 9.33. The van der Waals surface area contributed by atoms with E-state index < -0.39 is 5.97 Å². The standard InChI is InChI=1S/C10H15N3O2/c1-6-5-8(12-13(3)4)9(10(14)15)7(2)11-6/h5H,1-4H3,(H,11,12)(H,14,15). The molecule has 15 heavy (non-hydrogen) atoms. The number of carbonyl (C=O) groups is 1. The lowest BCUT2D eigenvalue weighted by molar-refractivity contribution is 0.0696. The molecule has 0 saturated heterocycles. The van der Waals surface area contributed by atoms with E-state index in [9.17, 15) is 4.79 Å². The summed E-state index contributed by atoms with van der Waals surface area (Å²) in [6, 6.07) is 1.72. The molecule has 0 fully saturated rings. The van der Waals surface area contributed by atoms with Gasteiger partial charge < -0.3 is 10.5 Å². The first-order chi connectivity index (χ1) is 6.91. The lowest BCUT2D eigenvalue weighted by atomic mass is 10.1. The monoisotopic (exact) mass is 209 g/mol. The molecule has 0 saturated carbocycles. The molecule has 2 N–H and O–H groups in total. The van der Waals surface area contributed by atoms with Crippen LogP contribution < -0.4 is 5.43 Å². The van der Waals surface area contributed by atoms with Gasteiger partial charge in [-0.2, -0.15) is 0 Å². The van der Waals surface area contributed by atoms with Crippen LogP contribution in [0.2, 0.25) is 0 Å². The maximum absolute atomic E-state index is 11.0. The summed E-state index contributed by atoms with van der Waals surface area (Å²) in [4.78, 5) is 15.2. The average molecular weight is 209 g/mol. The molecule has 5 nitrogen and oxygen atoms in total. The minimum atomic E-state index is -0.968. The largest absolute Gasteiger partial charge is 0.478 e. The Kier molecular flexibility index (Phi) is 3.26. The predicted molar refractivity (Wildman–Crippen MR) is 58.0 cm³/mol. The van der Waals surface area contributed by atoms with E-state index in [1.165, 1.54) is 0 Å². The Morgan fingerprint density at radius 1 is 1.47 bits per heavy atom. The highest BCUT2D eigenvalue weighted by molar-refractivity contribution is 5.95. The third kappa shape index (κ3) is 2.66. The Hall–Kier alpha value is -1.62. The topological polar surface area (TPSA) is 65.5 Å². The second-order valence-electron chi connectivity index (χ2n) is 3.58. The fourth-order valence-corrected chi connectivity index (χ4v) is 1.43. The second kappa shape index (κ2) is 4.27. The van der Waals surface area contributed by atoms with E-state index in [0.29, 0.717) is 11.4 Å². The van der Waals surface area contributed by atoms with Crippen LogP contribution >= 0.6 is 0 Å². The maximum atomic E-state index is 11.0. The normalized spacial score (nSPS) is 10.5. The summed E-state index contributed by atoms with van der Waals surface area (Å²) in [6.07, 6.45) is 0. The first kappa shape index (κ1) is 11.5. The molecular weight excluding hydrogens is 194 g/mol. The number of nitrogens with one attached hydrogen (secondary N) is 1. The fourth-order valence-electron chi connectivity index (χ4n) is 1.43. The van der Waals surface area contributed by atoms with Gasteiger partial charge in [-0.3, -0.25) is 4.98 Å². The van der Waals surface area contributed by atoms with Crippen LogP contribution in [0.5, 0.6) is 0 Å². The van der Waals surface area contributed by atoms with Gasteiger partial charge in [0, 0.05) is 19.8 Å². The van der Waals surface area contributed by atoms with Crippen molar-refractivity contribution in [3.05, 3.63) is 23.0 Å². The third-order valence-electron chi connectivity index (χ3n) is 1.89. The fraction of sp³-hybridized carbons (Fsp3) is 0.400. The lowest BCUT2D eigenvalue weighted by Gasteiger charge is -2.17. The van der Waals surface area contributed by atoms with E-state index in [0.717, 1.165) is 5.69 Å². The smallest absolute Gasteiger partial charge is 0.339 e.